The first-order chi connectivity index (χ1) is 9.97. The van der Waals surface area contributed by atoms with Crippen molar-refractivity contribution in [1.82, 2.24) is 15.3 Å². The standard InChI is InChI=1S/C13H11ClN4O3/c1-8-5-16-10(6-15-8)7-17-13(19)9-2-3-12(18(20)21)11(14)4-9/h2-6H,7H2,1H3,(H,17,19). The van der Waals surface area contributed by atoms with Gasteiger partial charge in [-0.1, -0.05) is 11.6 Å². The van der Waals surface area contributed by atoms with Crippen molar-refractivity contribution in [3.63, 3.8) is 0 Å². The van der Waals surface area contributed by atoms with Gasteiger partial charge in [0.05, 0.1) is 29.1 Å². The van der Waals surface area contributed by atoms with Crippen LogP contribution in [-0.2, 0) is 6.54 Å². The first-order valence-corrected chi connectivity index (χ1v) is 6.35. The number of aryl methyl sites for hydroxylation is 1. The highest BCUT2D eigenvalue weighted by atomic mass is 35.5. The van der Waals surface area contributed by atoms with Gasteiger partial charge in [-0.25, -0.2) is 0 Å². The molecule has 1 aromatic carbocycles. The zero-order valence-corrected chi connectivity index (χ0v) is 11.8. The van der Waals surface area contributed by atoms with Crippen molar-refractivity contribution in [2.45, 2.75) is 13.5 Å². The van der Waals surface area contributed by atoms with Gasteiger partial charge in [-0.15, -0.1) is 0 Å². The molecule has 0 bridgehead atoms. The molecule has 0 fully saturated rings. The number of nitro benzene ring substituents is 1. The van der Waals surface area contributed by atoms with Gasteiger partial charge in [0.15, 0.2) is 0 Å². The average Bonchev–Trinajstić information content (AvgIpc) is 2.45. The van der Waals surface area contributed by atoms with Gasteiger partial charge in [0, 0.05) is 17.8 Å². The van der Waals surface area contributed by atoms with E-state index in [0.29, 0.717) is 5.69 Å². The third-order valence-electron chi connectivity index (χ3n) is 2.67. The Hall–Kier alpha value is -2.54. The normalized spacial score (nSPS) is 10.2. The molecule has 1 amide bonds. The second-order valence-corrected chi connectivity index (χ2v) is 4.66. The number of nitrogens with one attached hydrogen (secondary N) is 1. The third kappa shape index (κ3) is 3.73. The number of hydrogen-bond acceptors (Lipinski definition) is 5. The lowest BCUT2D eigenvalue weighted by Gasteiger charge is -2.05. The van der Waals surface area contributed by atoms with E-state index >= 15 is 0 Å². The molecule has 1 heterocycles. The zero-order chi connectivity index (χ0) is 15.4. The fourth-order valence-electron chi connectivity index (χ4n) is 1.58. The molecule has 0 saturated carbocycles. The van der Waals surface area contributed by atoms with Gasteiger partial charge in [0.2, 0.25) is 0 Å². The summed E-state index contributed by atoms with van der Waals surface area (Å²) in [4.78, 5) is 30.1. The number of halogens is 1. The summed E-state index contributed by atoms with van der Waals surface area (Å²) in [5, 5.41) is 13.2. The highest BCUT2D eigenvalue weighted by Crippen LogP contribution is 2.24. The molecule has 0 radical (unpaired) electrons. The van der Waals surface area contributed by atoms with Gasteiger partial charge in [-0.2, -0.15) is 0 Å². The van der Waals surface area contributed by atoms with Crippen LogP contribution in [0.15, 0.2) is 30.6 Å². The summed E-state index contributed by atoms with van der Waals surface area (Å²) in [6.07, 6.45) is 3.17. The molecule has 108 valence electrons. The highest BCUT2D eigenvalue weighted by Gasteiger charge is 2.15. The van der Waals surface area contributed by atoms with E-state index in [1.807, 2.05) is 6.92 Å². The minimum atomic E-state index is -0.605. The summed E-state index contributed by atoms with van der Waals surface area (Å²) in [6, 6.07) is 3.80. The molecule has 0 saturated heterocycles. The first-order valence-electron chi connectivity index (χ1n) is 5.97. The predicted octanol–water partition coefficient (Wildman–Crippen LogP) is 2.28. The van der Waals surface area contributed by atoms with Crippen LogP contribution < -0.4 is 5.32 Å². The van der Waals surface area contributed by atoms with Gasteiger partial charge in [0.1, 0.15) is 5.02 Å². The lowest BCUT2D eigenvalue weighted by atomic mass is 10.2. The molecule has 2 aromatic rings. The SMILES string of the molecule is Cc1cnc(CNC(=O)c2ccc([N+](=O)[O-])c(Cl)c2)cn1. The van der Waals surface area contributed by atoms with E-state index in [0.717, 1.165) is 5.69 Å². The second-order valence-electron chi connectivity index (χ2n) is 4.26. The third-order valence-corrected chi connectivity index (χ3v) is 2.97. The van der Waals surface area contributed by atoms with Crippen LogP contribution >= 0.6 is 11.6 Å². The number of carbonyl (C=O) groups is 1. The van der Waals surface area contributed by atoms with Crippen LogP contribution in [-0.4, -0.2) is 20.8 Å². The molecule has 2 rings (SSSR count). The Morgan fingerprint density at radius 3 is 2.71 bits per heavy atom. The summed E-state index contributed by atoms with van der Waals surface area (Å²) >= 11 is 5.76. The lowest BCUT2D eigenvalue weighted by Crippen LogP contribution is -2.23. The molecule has 7 nitrogen and oxygen atoms in total. The Balaban J connectivity index is 2.05. The Kier molecular flexibility index (Phi) is 4.44. The summed E-state index contributed by atoms with van der Waals surface area (Å²) in [5.74, 6) is -0.394. The van der Waals surface area contributed by atoms with E-state index < -0.39 is 10.8 Å². The van der Waals surface area contributed by atoms with E-state index in [2.05, 4.69) is 15.3 Å². The number of benzene rings is 1. The number of rotatable bonds is 4. The highest BCUT2D eigenvalue weighted by molar-refractivity contribution is 6.33. The molecule has 0 aliphatic heterocycles. The molecule has 1 N–H and O–H groups in total. The van der Waals surface area contributed by atoms with Crippen molar-refractivity contribution < 1.29 is 9.72 Å². The number of amides is 1. The number of nitro groups is 1. The molecule has 0 unspecified atom stereocenters. The van der Waals surface area contributed by atoms with Crippen LogP contribution in [0.25, 0.3) is 0 Å². The van der Waals surface area contributed by atoms with Gasteiger partial charge in [-0.05, 0) is 19.1 Å². The summed E-state index contributed by atoms with van der Waals surface area (Å²) < 4.78 is 0. The minimum Gasteiger partial charge on any atom is -0.346 e. The van der Waals surface area contributed by atoms with E-state index in [1.165, 1.54) is 18.2 Å². The average molecular weight is 307 g/mol. The van der Waals surface area contributed by atoms with Gasteiger partial charge < -0.3 is 5.32 Å². The molecule has 1 aromatic heterocycles. The monoisotopic (exact) mass is 306 g/mol. The van der Waals surface area contributed by atoms with Crippen molar-refractivity contribution in [3.05, 3.63) is 62.7 Å². The van der Waals surface area contributed by atoms with Crippen LogP contribution in [0.5, 0.6) is 0 Å². The van der Waals surface area contributed by atoms with Crippen LogP contribution in [0, 0.1) is 17.0 Å². The van der Waals surface area contributed by atoms with E-state index in [-0.39, 0.29) is 22.8 Å². The van der Waals surface area contributed by atoms with Crippen molar-refractivity contribution in [3.8, 4) is 0 Å². The smallest absolute Gasteiger partial charge is 0.287 e. The lowest BCUT2D eigenvalue weighted by molar-refractivity contribution is -0.384. The van der Waals surface area contributed by atoms with Crippen molar-refractivity contribution in [1.29, 1.82) is 0 Å². The van der Waals surface area contributed by atoms with E-state index in [9.17, 15) is 14.9 Å². The second kappa shape index (κ2) is 6.27. The molecular weight excluding hydrogens is 296 g/mol. The van der Waals surface area contributed by atoms with E-state index in [4.69, 9.17) is 11.6 Å². The van der Waals surface area contributed by atoms with Crippen molar-refractivity contribution >= 4 is 23.2 Å². The molecule has 0 aliphatic rings. The molecule has 0 aliphatic carbocycles. The fraction of sp³-hybridized carbons (Fsp3) is 0.154. The van der Waals surface area contributed by atoms with Crippen molar-refractivity contribution in [2.24, 2.45) is 0 Å². The van der Waals surface area contributed by atoms with Crippen LogP contribution in [0.4, 0.5) is 5.69 Å². The maximum Gasteiger partial charge on any atom is 0.287 e. The molecule has 0 atom stereocenters. The maximum atomic E-state index is 11.9. The number of nitrogens with zero attached hydrogens (tertiary/aromatic N) is 3. The van der Waals surface area contributed by atoms with Crippen LogP contribution in [0.2, 0.25) is 5.02 Å². The van der Waals surface area contributed by atoms with Gasteiger partial charge >= 0.3 is 0 Å². The molecule has 21 heavy (non-hydrogen) atoms. The molecule has 0 spiro atoms. The summed E-state index contributed by atoms with van der Waals surface area (Å²) in [5.41, 5.74) is 1.40. The van der Waals surface area contributed by atoms with Crippen LogP contribution in [0.3, 0.4) is 0 Å². The Morgan fingerprint density at radius 1 is 1.38 bits per heavy atom. The zero-order valence-electron chi connectivity index (χ0n) is 11.0. The van der Waals surface area contributed by atoms with Gasteiger partial charge in [0.25, 0.3) is 11.6 Å². The fourth-order valence-corrected chi connectivity index (χ4v) is 1.83. The Labute approximate surface area is 125 Å². The number of aromatic nitrogens is 2. The van der Waals surface area contributed by atoms with Crippen LogP contribution in [0.1, 0.15) is 21.7 Å². The largest absolute Gasteiger partial charge is 0.346 e. The number of carbonyl (C=O) groups excluding carboxylic acids is 1. The number of hydrogen-bond donors (Lipinski definition) is 1. The predicted molar refractivity (Wildman–Crippen MR) is 76.0 cm³/mol. The maximum absolute atomic E-state index is 11.9. The molecular formula is C13H11ClN4O3. The Morgan fingerprint density at radius 2 is 2.14 bits per heavy atom. The first kappa shape index (κ1) is 14.9. The summed E-state index contributed by atoms with van der Waals surface area (Å²) in [6.45, 7) is 2.02. The molecule has 8 heteroatoms. The summed E-state index contributed by atoms with van der Waals surface area (Å²) in [7, 11) is 0. The van der Waals surface area contributed by atoms with E-state index in [1.54, 1.807) is 12.4 Å². The Bertz CT molecular complexity index is 688. The van der Waals surface area contributed by atoms with Gasteiger partial charge in [-0.3, -0.25) is 24.9 Å². The van der Waals surface area contributed by atoms with Crippen molar-refractivity contribution in [2.75, 3.05) is 0 Å². The topological polar surface area (TPSA) is 98.0 Å². The quantitative estimate of drug-likeness (QED) is 0.690. The minimum absolute atomic E-state index is 0.0808.